The minimum atomic E-state index is -4.25. The normalized spacial score (nSPS) is 11.1. The van der Waals surface area contributed by atoms with Gasteiger partial charge in [0.25, 0.3) is 5.91 Å². The van der Waals surface area contributed by atoms with Crippen LogP contribution in [0, 0.1) is 0 Å². The fraction of sp³-hybridized carbons (Fsp3) is 0.0741. The minimum Gasteiger partial charge on any atom is -0.454 e. The molecular formula is C27H25N3O4S. The Morgan fingerprint density at radius 2 is 1.26 bits per heavy atom. The minimum absolute atomic E-state index is 0.0110. The topological polar surface area (TPSA) is 116 Å². The third-order valence-corrected chi connectivity index (χ3v) is 6.24. The van der Waals surface area contributed by atoms with E-state index < -0.39 is 10.0 Å². The van der Waals surface area contributed by atoms with Crippen LogP contribution in [0.5, 0.6) is 11.5 Å². The molecule has 4 rings (SSSR count). The maximum Gasteiger partial charge on any atom is 0.254 e. The summed E-state index contributed by atoms with van der Waals surface area (Å²) >= 11 is 0. The van der Waals surface area contributed by atoms with Crippen LogP contribution in [0.2, 0.25) is 0 Å². The van der Waals surface area contributed by atoms with Gasteiger partial charge in [0.05, 0.1) is 5.69 Å². The van der Waals surface area contributed by atoms with E-state index in [1.165, 1.54) is 12.1 Å². The van der Waals surface area contributed by atoms with E-state index in [9.17, 15) is 13.2 Å². The van der Waals surface area contributed by atoms with Crippen LogP contribution in [-0.2, 0) is 23.1 Å². The second kappa shape index (κ2) is 10.4. The zero-order valence-corrected chi connectivity index (χ0v) is 19.7. The molecule has 0 aliphatic carbocycles. The highest BCUT2D eigenvalue weighted by atomic mass is 32.2. The number of anilines is 1. The Balaban J connectivity index is 1.73. The summed E-state index contributed by atoms with van der Waals surface area (Å²) in [5.74, 6) is -0.119. The second-order valence-corrected chi connectivity index (χ2v) is 9.52. The summed E-state index contributed by atoms with van der Waals surface area (Å²) < 4.78 is 30.6. The molecule has 0 saturated carbocycles. The number of hydrogen-bond donors (Lipinski definition) is 2. The van der Waals surface area contributed by atoms with Crippen molar-refractivity contribution in [3.05, 3.63) is 120 Å². The highest BCUT2D eigenvalue weighted by molar-refractivity contribution is 7.89. The number of ether oxygens (including phenoxy) is 1. The molecule has 0 aliphatic rings. The zero-order valence-electron chi connectivity index (χ0n) is 18.9. The van der Waals surface area contributed by atoms with E-state index in [1.54, 1.807) is 35.2 Å². The number of primary sulfonamides is 1. The molecule has 8 heteroatoms. The zero-order chi connectivity index (χ0) is 24.8. The number of nitrogens with zero attached hydrogens (tertiary/aromatic N) is 1. The third kappa shape index (κ3) is 6.06. The molecule has 178 valence electrons. The largest absolute Gasteiger partial charge is 0.454 e. The van der Waals surface area contributed by atoms with Gasteiger partial charge in [-0.3, -0.25) is 4.79 Å². The molecular weight excluding hydrogens is 462 g/mol. The van der Waals surface area contributed by atoms with E-state index in [0.717, 1.165) is 11.1 Å². The van der Waals surface area contributed by atoms with Crippen molar-refractivity contribution >= 4 is 21.6 Å². The van der Waals surface area contributed by atoms with Crippen molar-refractivity contribution in [1.82, 2.24) is 4.90 Å². The van der Waals surface area contributed by atoms with Crippen molar-refractivity contribution in [1.29, 1.82) is 0 Å². The number of amides is 1. The Bertz CT molecular complexity index is 1370. The van der Waals surface area contributed by atoms with Crippen LogP contribution in [0.15, 0.2) is 108 Å². The van der Waals surface area contributed by atoms with Crippen LogP contribution in [0.3, 0.4) is 0 Å². The molecule has 0 aliphatic heterocycles. The van der Waals surface area contributed by atoms with Crippen LogP contribution < -0.4 is 15.6 Å². The molecule has 4 N–H and O–H groups in total. The van der Waals surface area contributed by atoms with Crippen molar-refractivity contribution in [2.24, 2.45) is 5.14 Å². The number of carbonyl (C=O) groups excluding carboxylic acids is 1. The van der Waals surface area contributed by atoms with E-state index in [-0.39, 0.29) is 27.8 Å². The quantitative estimate of drug-likeness (QED) is 0.354. The van der Waals surface area contributed by atoms with Gasteiger partial charge in [0.15, 0.2) is 5.75 Å². The molecule has 0 unspecified atom stereocenters. The average Bonchev–Trinajstić information content (AvgIpc) is 2.85. The maximum absolute atomic E-state index is 13.6. The van der Waals surface area contributed by atoms with Crippen molar-refractivity contribution in [2.45, 2.75) is 18.0 Å². The lowest BCUT2D eigenvalue weighted by Crippen LogP contribution is -2.30. The van der Waals surface area contributed by atoms with Gasteiger partial charge in [-0.2, -0.15) is 0 Å². The first-order chi connectivity index (χ1) is 16.8. The molecule has 0 radical (unpaired) electrons. The van der Waals surface area contributed by atoms with Gasteiger partial charge in [-0.05, 0) is 35.4 Å². The highest BCUT2D eigenvalue weighted by Gasteiger charge is 2.25. The van der Waals surface area contributed by atoms with Crippen molar-refractivity contribution in [2.75, 3.05) is 5.73 Å². The number of carbonyl (C=O) groups is 1. The fourth-order valence-corrected chi connectivity index (χ4v) is 4.37. The van der Waals surface area contributed by atoms with Crippen LogP contribution in [-0.4, -0.2) is 19.2 Å². The molecule has 0 bridgehead atoms. The number of sulfonamides is 1. The Morgan fingerprint density at radius 3 is 1.74 bits per heavy atom. The molecule has 0 aromatic heterocycles. The SMILES string of the molecule is Nc1cc(C(=O)N(Cc2ccccc2)Cc2ccccc2)cc(S(N)(=O)=O)c1Oc1ccccc1. The molecule has 4 aromatic carbocycles. The number of rotatable bonds is 8. The summed E-state index contributed by atoms with van der Waals surface area (Å²) in [6.45, 7) is 0.642. The highest BCUT2D eigenvalue weighted by Crippen LogP contribution is 2.35. The Morgan fingerprint density at radius 1 is 0.771 bits per heavy atom. The van der Waals surface area contributed by atoms with E-state index in [2.05, 4.69) is 0 Å². The number of nitrogens with two attached hydrogens (primary N) is 2. The van der Waals surface area contributed by atoms with Crippen LogP contribution in [0.25, 0.3) is 0 Å². The average molecular weight is 488 g/mol. The van der Waals surface area contributed by atoms with Gasteiger partial charge in [-0.25, -0.2) is 13.6 Å². The molecule has 35 heavy (non-hydrogen) atoms. The molecule has 0 fully saturated rings. The monoisotopic (exact) mass is 487 g/mol. The summed E-state index contributed by atoms with van der Waals surface area (Å²) in [7, 11) is -4.25. The lowest BCUT2D eigenvalue weighted by Gasteiger charge is -2.24. The molecule has 0 spiro atoms. The van der Waals surface area contributed by atoms with E-state index in [1.807, 2.05) is 60.7 Å². The predicted octanol–water partition coefficient (Wildman–Crippen LogP) is 4.55. The number of para-hydroxylation sites is 1. The molecule has 7 nitrogen and oxygen atoms in total. The smallest absolute Gasteiger partial charge is 0.254 e. The van der Waals surface area contributed by atoms with E-state index in [4.69, 9.17) is 15.6 Å². The van der Waals surface area contributed by atoms with E-state index >= 15 is 0 Å². The molecule has 0 heterocycles. The Labute approximate surface area is 204 Å². The number of benzene rings is 4. The maximum atomic E-state index is 13.6. The first-order valence-corrected chi connectivity index (χ1v) is 12.4. The molecule has 1 amide bonds. The predicted molar refractivity (Wildman–Crippen MR) is 135 cm³/mol. The van der Waals surface area contributed by atoms with Gasteiger partial charge in [0.2, 0.25) is 10.0 Å². The lowest BCUT2D eigenvalue weighted by atomic mass is 10.1. The second-order valence-electron chi connectivity index (χ2n) is 7.99. The third-order valence-electron chi connectivity index (χ3n) is 5.32. The van der Waals surface area contributed by atoms with Crippen molar-refractivity contribution in [3.8, 4) is 11.5 Å². The summed E-state index contributed by atoms with van der Waals surface area (Å²) in [4.78, 5) is 14.9. The number of hydrogen-bond acceptors (Lipinski definition) is 5. The van der Waals surface area contributed by atoms with Crippen LogP contribution in [0.1, 0.15) is 21.5 Å². The van der Waals surface area contributed by atoms with Crippen LogP contribution >= 0.6 is 0 Å². The summed E-state index contributed by atoms with van der Waals surface area (Å²) in [5, 5.41) is 5.48. The summed E-state index contributed by atoms with van der Waals surface area (Å²) in [6.07, 6.45) is 0. The van der Waals surface area contributed by atoms with Gasteiger partial charge in [-0.1, -0.05) is 78.9 Å². The number of nitrogen functional groups attached to an aromatic ring is 1. The molecule has 0 saturated heterocycles. The first kappa shape index (κ1) is 24.0. The van der Waals surface area contributed by atoms with Crippen molar-refractivity contribution in [3.63, 3.8) is 0 Å². The van der Waals surface area contributed by atoms with E-state index in [0.29, 0.717) is 18.8 Å². The molecule has 0 atom stereocenters. The first-order valence-electron chi connectivity index (χ1n) is 10.9. The van der Waals surface area contributed by atoms with Crippen molar-refractivity contribution < 1.29 is 17.9 Å². The van der Waals surface area contributed by atoms with Crippen LogP contribution in [0.4, 0.5) is 5.69 Å². The fourth-order valence-electron chi connectivity index (χ4n) is 3.66. The van der Waals surface area contributed by atoms with Gasteiger partial charge < -0.3 is 15.4 Å². The van der Waals surface area contributed by atoms with Gasteiger partial charge in [0, 0.05) is 18.7 Å². The standard InChI is InChI=1S/C27H25N3O4S/c28-24-16-22(17-25(35(29,32)33)26(24)34-23-14-8-3-9-15-23)27(31)30(18-20-10-4-1-5-11-20)19-21-12-6-2-7-13-21/h1-17H,18-19,28H2,(H2,29,32,33). The summed E-state index contributed by atoms with van der Waals surface area (Å²) in [6, 6.07) is 30.3. The lowest BCUT2D eigenvalue weighted by molar-refractivity contribution is 0.0730. The van der Waals surface area contributed by atoms with Gasteiger partial charge in [-0.15, -0.1) is 0 Å². The summed E-state index contributed by atoms with van der Waals surface area (Å²) in [5.41, 5.74) is 8.14. The Kier molecular flexibility index (Phi) is 7.14. The molecule has 4 aromatic rings. The Hall–Kier alpha value is -4.14. The van der Waals surface area contributed by atoms with Gasteiger partial charge in [0.1, 0.15) is 10.6 Å². The van der Waals surface area contributed by atoms with Gasteiger partial charge >= 0.3 is 0 Å².